The average Bonchev–Trinajstić information content (AvgIpc) is 3.03. The number of nitrogens with zero attached hydrogens (tertiary/aromatic N) is 5. The van der Waals surface area contributed by atoms with Crippen molar-refractivity contribution in [3.05, 3.63) is 54.4 Å². The molecule has 2 aromatic carbocycles. The van der Waals surface area contributed by atoms with Crippen molar-refractivity contribution in [1.82, 2.24) is 4.57 Å². The Kier molecular flexibility index (Phi) is 6.40. The number of carbonyl (C=O) groups excluding carboxylic acids is 1. The van der Waals surface area contributed by atoms with Gasteiger partial charge in [0.15, 0.2) is 11.0 Å². The lowest BCUT2D eigenvalue weighted by Crippen LogP contribution is -2.40. The minimum atomic E-state index is -0.483. The molecule has 0 saturated heterocycles. The van der Waals surface area contributed by atoms with Gasteiger partial charge in [-0.1, -0.05) is 12.1 Å². The summed E-state index contributed by atoms with van der Waals surface area (Å²) >= 11 is 0. The average molecular weight is 409 g/mol. The summed E-state index contributed by atoms with van der Waals surface area (Å²) < 4.78 is 8.98. The van der Waals surface area contributed by atoms with Gasteiger partial charge in [-0.05, 0) is 50.2 Å². The molecule has 0 aliphatic rings. The molecular formula is C23H30N5O2+. The molecule has 0 bridgehead atoms. The van der Waals surface area contributed by atoms with Gasteiger partial charge in [-0.2, -0.15) is 5.10 Å². The summed E-state index contributed by atoms with van der Waals surface area (Å²) in [5.74, 6) is 0.192. The van der Waals surface area contributed by atoms with Crippen LogP contribution in [0.4, 0.5) is 11.4 Å². The smallest absolute Gasteiger partial charge is 0.367 e. The first kappa shape index (κ1) is 21.4. The Bertz CT molecular complexity index is 1030. The number of hydrazone groups is 1. The van der Waals surface area contributed by atoms with E-state index in [0.29, 0.717) is 5.82 Å². The second-order valence-electron chi connectivity index (χ2n) is 7.08. The van der Waals surface area contributed by atoms with Gasteiger partial charge in [0.05, 0.1) is 26.9 Å². The maximum atomic E-state index is 12.7. The number of esters is 1. The first-order valence-electron chi connectivity index (χ1n) is 10.1. The summed E-state index contributed by atoms with van der Waals surface area (Å²) in [6, 6.07) is 16.1. The molecule has 0 N–H and O–H groups in total. The van der Waals surface area contributed by atoms with E-state index in [-0.39, 0.29) is 5.71 Å². The zero-order chi connectivity index (χ0) is 21.8. The Morgan fingerprint density at radius 1 is 1.07 bits per heavy atom. The fourth-order valence-corrected chi connectivity index (χ4v) is 3.75. The quantitative estimate of drug-likeness (QED) is 0.261. The maximum absolute atomic E-state index is 12.7. The fraction of sp³-hybridized carbons (Fsp3) is 0.348. The number of hydrogen-bond donors (Lipinski definition) is 0. The van der Waals surface area contributed by atoms with Crippen LogP contribution in [0.3, 0.4) is 0 Å². The van der Waals surface area contributed by atoms with E-state index in [9.17, 15) is 4.79 Å². The van der Waals surface area contributed by atoms with Crippen LogP contribution in [0.1, 0.15) is 19.7 Å². The number of methoxy groups -OCH3 is 1. The summed E-state index contributed by atoms with van der Waals surface area (Å²) in [6.07, 6.45) is 0. The molecule has 158 valence electrons. The predicted octanol–water partition coefficient (Wildman–Crippen LogP) is 2.86. The Hall–Kier alpha value is -3.35. The van der Waals surface area contributed by atoms with Crippen LogP contribution in [0.2, 0.25) is 0 Å². The van der Waals surface area contributed by atoms with Crippen LogP contribution in [-0.4, -0.2) is 43.5 Å². The van der Waals surface area contributed by atoms with Gasteiger partial charge in [-0.15, -0.1) is 0 Å². The normalized spacial score (nSPS) is 11.6. The molecule has 30 heavy (non-hydrogen) atoms. The van der Waals surface area contributed by atoms with Gasteiger partial charge in [0.25, 0.3) is 5.71 Å². The van der Waals surface area contributed by atoms with Gasteiger partial charge in [-0.25, -0.2) is 13.9 Å². The number of carbonyl (C=O) groups is 1. The number of hydrogen-bond acceptors (Lipinski definition) is 5. The van der Waals surface area contributed by atoms with Crippen LogP contribution in [0.25, 0.3) is 11.0 Å². The summed E-state index contributed by atoms with van der Waals surface area (Å²) in [4.78, 5) is 14.9. The highest BCUT2D eigenvalue weighted by molar-refractivity contribution is 6.42. The highest BCUT2D eigenvalue weighted by Crippen LogP contribution is 2.21. The molecule has 0 aliphatic heterocycles. The van der Waals surface area contributed by atoms with Crippen molar-refractivity contribution in [2.45, 2.75) is 13.8 Å². The van der Waals surface area contributed by atoms with Gasteiger partial charge < -0.3 is 9.64 Å². The molecule has 0 spiro atoms. The molecule has 0 radical (unpaired) electrons. The zero-order valence-electron chi connectivity index (χ0n) is 18.6. The number of aryl methyl sites for hydroxylation is 2. The number of fused-ring (bicyclic) bond motifs is 1. The first-order chi connectivity index (χ1) is 14.4. The van der Waals surface area contributed by atoms with Gasteiger partial charge in [-0.3, -0.25) is 5.01 Å². The molecule has 0 fully saturated rings. The standard InChI is InChI=1S/C23H30N5O2/c1-7-28(8-2)18-15-13-17(14-16-18)27(5)24-21(23(29)30-6)22-25(3)19-11-9-10-12-20(19)26(22)4/h9-16H,7-8H2,1-6H3/q+1. The van der Waals surface area contributed by atoms with Crippen LogP contribution in [0.5, 0.6) is 0 Å². The highest BCUT2D eigenvalue weighted by Gasteiger charge is 2.31. The van der Waals surface area contributed by atoms with Gasteiger partial charge in [0.1, 0.15) is 0 Å². The van der Waals surface area contributed by atoms with Crippen molar-refractivity contribution in [2.24, 2.45) is 19.2 Å². The van der Waals surface area contributed by atoms with Crippen LogP contribution in [-0.2, 0) is 23.6 Å². The maximum Gasteiger partial charge on any atom is 0.367 e. The number of anilines is 2. The van der Waals surface area contributed by atoms with Crippen LogP contribution >= 0.6 is 0 Å². The summed E-state index contributed by atoms with van der Waals surface area (Å²) in [7, 11) is 7.06. The van der Waals surface area contributed by atoms with E-state index in [2.05, 4.69) is 36.0 Å². The third-order valence-electron chi connectivity index (χ3n) is 5.43. The number of ether oxygens (including phenoxy) is 1. The molecule has 3 rings (SSSR count). The molecule has 0 atom stereocenters. The topological polar surface area (TPSA) is 54.0 Å². The number of imidazole rings is 1. The number of aromatic nitrogens is 2. The van der Waals surface area contributed by atoms with Crippen molar-refractivity contribution in [1.29, 1.82) is 0 Å². The third-order valence-corrected chi connectivity index (χ3v) is 5.43. The Morgan fingerprint density at radius 2 is 1.67 bits per heavy atom. The van der Waals surface area contributed by atoms with Crippen molar-refractivity contribution in [3.8, 4) is 0 Å². The van der Waals surface area contributed by atoms with E-state index >= 15 is 0 Å². The van der Waals surface area contributed by atoms with Gasteiger partial charge >= 0.3 is 11.8 Å². The molecule has 1 aromatic heterocycles. The van der Waals surface area contributed by atoms with E-state index in [0.717, 1.165) is 35.5 Å². The molecule has 1 heterocycles. The summed E-state index contributed by atoms with van der Waals surface area (Å²) in [6.45, 7) is 6.18. The lowest BCUT2D eigenvalue weighted by molar-refractivity contribution is -0.646. The second-order valence-corrected chi connectivity index (χ2v) is 7.08. The molecule has 7 heteroatoms. The van der Waals surface area contributed by atoms with Crippen molar-refractivity contribution < 1.29 is 14.1 Å². The summed E-state index contributed by atoms with van der Waals surface area (Å²) in [5, 5.41) is 6.34. The van der Waals surface area contributed by atoms with Crippen molar-refractivity contribution in [2.75, 3.05) is 37.2 Å². The van der Waals surface area contributed by atoms with E-state index < -0.39 is 5.97 Å². The van der Waals surface area contributed by atoms with Crippen LogP contribution in [0, 0.1) is 0 Å². The lowest BCUT2D eigenvalue weighted by atomic mass is 10.2. The summed E-state index contributed by atoms with van der Waals surface area (Å²) in [5.41, 5.74) is 4.31. The lowest BCUT2D eigenvalue weighted by Gasteiger charge is -2.22. The largest absolute Gasteiger partial charge is 0.464 e. The van der Waals surface area contributed by atoms with Gasteiger partial charge in [0.2, 0.25) is 0 Å². The number of para-hydroxylation sites is 2. The van der Waals surface area contributed by atoms with Crippen LogP contribution < -0.4 is 14.5 Å². The van der Waals surface area contributed by atoms with E-state index in [1.165, 1.54) is 7.11 Å². The van der Waals surface area contributed by atoms with E-state index in [1.807, 2.05) is 66.7 Å². The second kappa shape index (κ2) is 8.98. The molecule has 7 nitrogen and oxygen atoms in total. The highest BCUT2D eigenvalue weighted by atomic mass is 16.5. The molecule has 0 unspecified atom stereocenters. The van der Waals surface area contributed by atoms with Crippen LogP contribution in [0.15, 0.2) is 53.6 Å². The van der Waals surface area contributed by atoms with Gasteiger partial charge in [0, 0.05) is 25.8 Å². The molecule has 0 saturated carbocycles. The Balaban J connectivity index is 2.04. The van der Waals surface area contributed by atoms with E-state index in [1.54, 1.807) is 5.01 Å². The van der Waals surface area contributed by atoms with E-state index in [4.69, 9.17) is 4.74 Å². The fourth-order valence-electron chi connectivity index (χ4n) is 3.75. The number of benzene rings is 2. The molecule has 3 aromatic rings. The van der Waals surface area contributed by atoms with Crippen molar-refractivity contribution >= 4 is 34.1 Å². The molecular weight excluding hydrogens is 378 g/mol. The zero-order valence-corrected chi connectivity index (χ0v) is 18.6. The SMILES string of the molecule is CCN(CC)c1ccc(N(C)/N=C(\C(=O)OC)c2n(C)c3ccccc3[n+]2C)cc1. The number of rotatable bonds is 7. The minimum Gasteiger partial charge on any atom is -0.464 e. The Morgan fingerprint density at radius 3 is 2.23 bits per heavy atom. The monoisotopic (exact) mass is 408 g/mol. The predicted molar refractivity (Wildman–Crippen MR) is 121 cm³/mol. The molecule has 0 amide bonds. The first-order valence-corrected chi connectivity index (χ1v) is 10.1. The Labute approximate surface area is 177 Å². The minimum absolute atomic E-state index is 0.244. The molecule has 0 aliphatic carbocycles. The third kappa shape index (κ3) is 3.87. The van der Waals surface area contributed by atoms with Crippen molar-refractivity contribution in [3.63, 3.8) is 0 Å².